The van der Waals surface area contributed by atoms with Gasteiger partial charge in [-0.1, -0.05) is 12.1 Å². The summed E-state index contributed by atoms with van der Waals surface area (Å²) in [5, 5.41) is 8.97. The molecule has 4 rings (SSSR count). The Morgan fingerprint density at radius 1 is 1.20 bits per heavy atom. The Hall–Kier alpha value is -2.93. The lowest BCUT2D eigenvalue weighted by atomic mass is 10.1. The highest BCUT2D eigenvalue weighted by Crippen LogP contribution is 2.25. The van der Waals surface area contributed by atoms with Crippen molar-refractivity contribution in [3.05, 3.63) is 42.7 Å². The molecule has 0 unspecified atom stereocenters. The molecule has 7 heteroatoms. The van der Waals surface area contributed by atoms with Crippen molar-refractivity contribution in [2.45, 2.75) is 0 Å². The molecule has 0 atom stereocenters. The number of hydrogen-bond acceptors (Lipinski definition) is 5. The Bertz CT molecular complexity index is 899. The van der Waals surface area contributed by atoms with Gasteiger partial charge in [0.1, 0.15) is 12.1 Å². The molecular formula is C18H19N5O2. The Kier molecular flexibility index (Phi) is 4.07. The average molecular weight is 337 g/mol. The van der Waals surface area contributed by atoms with Gasteiger partial charge in [0.2, 0.25) is 5.91 Å². The number of amides is 1. The van der Waals surface area contributed by atoms with Crippen LogP contribution in [-0.4, -0.2) is 63.7 Å². The topological polar surface area (TPSA) is 85.4 Å². The first-order valence-corrected chi connectivity index (χ1v) is 8.29. The van der Waals surface area contributed by atoms with E-state index in [1.54, 1.807) is 11.1 Å². The van der Waals surface area contributed by atoms with Crippen LogP contribution in [0.5, 0.6) is 0 Å². The molecule has 7 nitrogen and oxygen atoms in total. The standard InChI is InChI=1S/C18H19N5O2/c24-12-17(25)23-8-6-22(7-9-23)14-3-1-2-13(10-14)16-11-20-18-15(21-16)4-5-19-18/h1-5,10-11,24H,6-9,12H2,(H,19,20). The summed E-state index contributed by atoms with van der Waals surface area (Å²) in [6, 6.07) is 10.1. The van der Waals surface area contributed by atoms with E-state index in [0.29, 0.717) is 13.1 Å². The number of benzene rings is 1. The lowest BCUT2D eigenvalue weighted by Gasteiger charge is -2.36. The van der Waals surface area contributed by atoms with Crippen LogP contribution in [0.25, 0.3) is 22.4 Å². The first kappa shape index (κ1) is 15.6. The zero-order valence-electron chi connectivity index (χ0n) is 13.7. The first-order valence-electron chi connectivity index (χ1n) is 8.29. The molecule has 0 aliphatic carbocycles. The second-order valence-corrected chi connectivity index (χ2v) is 6.04. The van der Waals surface area contributed by atoms with Gasteiger partial charge in [-0.25, -0.2) is 9.97 Å². The molecule has 1 saturated heterocycles. The predicted octanol–water partition coefficient (Wildman–Crippen LogP) is 1.27. The summed E-state index contributed by atoms with van der Waals surface area (Å²) in [6.45, 7) is 2.32. The Morgan fingerprint density at radius 3 is 2.84 bits per heavy atom. The number of carbonyl (C=O) groups excluding carboxylic acids is 1. The minimum absolute atomic E-state index is 0.205. The molecule has 2 N–H and O–H groups in total. The number of nitrogens with zero attached hydrogens (tertiary/aromatic N) is 4. The minimum Gasteiger partial charge on any atom is -0.387 e. The molecule has 2 aromatic heterocycles. The molecule has 1 amide bonds. The largest absolute Gasteiger partial charge is 0.387 e. The van der Waals surface area contributed by atoms with Crippen LogP contribution < -0.4 is 4.90 Å². The van der Waals surface area contributed by atoms with Gasteiger partial charge in [0.05, 0.1) is 11.9 Å². The molecule has 0 spiro atoms. The number of piperazine rings is 1. The highest BCUT2D eigenvalue weighted by Gasteiger charge is 2.20. The molecule has 1 aliphatic rings. The van der Waals surface area contributed by atoms with Crippen molar-refractivity contribution in [3.8, 4) is 11.3 Å². The van der Waals surface area contributed by atoms with Gasteiger partial charge in [-0.2, -0.15) is 0 Å². The molecule has 1 aliphatic heterocycles. The van der Waals surface area contributed by atoms with Gasteiger partial charge in [0.25, 0.3) is 0 Å². The van der Waals surface area contributed by atoms with Gasteiger partial charge in [-0.15, -0.1) is 0 Å². The third kappa shape index (κ3) is 3.06. The van der Waals surface area contributed by atoms with Crippen LogP contribution in [0, 0.1) is 0 Å². The monoisotopic (exact) mass is 337 g/mol. The third-order valence-corrected chi connectivity index (χ3v) is 4.54. The number of aromatic nitrogens is 3. The molecule has 1 aromatic carbocycles. The van der Waals surface area contributed by atoms with E-state index >= 15 is 0 Å². The first-order chi connectivity index (χ1) is 12.2. The average Bonchev–Trinajstić information content (AvgIpc) is 3.15. The molecule has 1 fully saturated rings. The highest BCUT2D eigenvalue weighted by atomic mass is 16.3. The van der Waals surface area contributed by atoms with Crippen molar-refractivity contribution in [2.24, 2.45) is 0 Å². The van der Waals surface area contributed by atoms with E-state index in [1.165, 1.54) is 0 Å². The predicted molar refractivity (Wildman–Crippen MR) is 95.2 cm³/mol. The second-order valence-electron chi connectivity index (χ2n) is 6.04. The molecule has 25 heavy (non-hydrogen) atoms. The van der Waals surface area contributed by atoms with Crippen LogP contribution >= 0.6 is 0 Å². The fourth-order valence-corrected chi connectivity index (χ4v) is 3.15. The smallest absolute Gasteiger partial charge is 0.248 e. The molecular weight excluding hydrogens is 318 g/mol. The summed E-state index contributed by atoms with van der Waals surface area (Å²) < 4.78 is 0. The van der Waals surface area contributed by atoms with Gasteiger partial charge in [0, 0.05) is 43.6 Å². The zero-order chi connectivity index (χ0) is 17.2. The van der Waals surface area contributed by atoms with Gasteiger partial charge in [-0.05, 0) is 18.2 Å². The summed E-state index contributed by atoms with van der Waals surface area (Å²) in [4.78, 5) is 27.6. The van der Waals surface area contributed by atoms with Gasteiger partial charge in [0.15, 0.2) is 5.65 Å². The molecule has 128 valence electrons. The van der Waals surface area contributed by atoms with E-state index < -0.39 is 6.61 Å². The lowest BCUT2D eigenvalue weighted by molar-refractivity contribution is -0.134. The van der Waals surface area contributed by atoms with Crippen LogP contribution in [0.4, 0.5) is 5.69 Å². The van der Waals surface area contributed by atoms with E-state index in [2.05, 4.69) is 32.0 Å². The van der Waals surface area contributed by atoms with E-state index in [9.17, 15) is 4.79 Å². The van der Waals surface area contributed by atoms with Crippen LogP contribution in [0.2, 0.25) is 0 Å². The van der Waals surface area contributed by atoms with Crippen molar-refractivity contribution >= 4 is 22.8 Å². The van der Waals surface area contributed by atoms with Crippen molar-refractivity contribution in [1.82, 2.24) is 19.9 Å². The van der Waals surface area contributed by atoms with Crippen molar-refractivity contribution < 1.29 is 9.90 Å². The zero-order valence-corrected chi connectivity index (χ0v) is 13.7. The molecule has 3 aromatic rings. The number of aliphatic hydroxyl groups is 1. The van der Waals surface area contributed by atoms with E-state index in [0.717, 1.165) is 41.2 Å². The molecule has 3 heterocycles. The maximum atomic E-state index is 11.6. The number of anilines is 1. The third-order valence-electron chi connectivity index (χ3n) is 4.54. The van der Waals surface area contributed by atoms with E-state index in [1.807, 2.05) is 24.4 Å². The maximum Gasteiger partial charge on any atom is 0.248 e. The number of carbonyl (C=O) groups is 1. The maximum absolute atomic E-state index is 11.6. The van der Waals surface area contributed by atoms with E-state index in [4.69, 9.17) is 5.11 Å². The van der Waals surface area contributed by atoms with Crippen molar-refractivity contribution in [3.63, 3.8) is 0 Å². The summed E-state index contributed by atoms with van der Waals surface area (Å²) in [5.74, 6) is -0.205. The van der Waals surface area contributed by atoms with Gasteiger partial charge in [-0.3, -0.25) is 4.79 Å². The normalized spacial score (nSPS) is 14.9. The highest BCUT2D eigenvalue weighted by molar-refractivity contribution is 5.78. The molecule has 0 radical (unpaired) electrons. The van der Waals surface area contributed by atoms with Crippen LogP contribution in [0.15, 0.2) is 42.7 Å². The quantitative estimate of drug-likeness (QED) is 0.752. The number of hydrogen-bond donors (Lipinski definition) is 2. The van der Waals surface area contributed by atoms with E-state index in [-0.39, 0.29) is 5.91 Å². The lowest BCUT2D eigenvalue weighted by Crippen LogP contribution is -2.49. The fraction of sp³-hybridized carbons (Fsp3) is 0.278. The van der Waals surface area contributed by atoms with Crippen molar-refractivity contribution in [1.29, 1.82) is 0 Å². The number of rotatable bonds is 3. The number of aromatic amines is 1. The Balaban J connectivity index is 1.54. The fourth-order valence-electron chi connectivity index (χ4n) is 3.15. The Morgan fingerprint density at radius 2 is 2.04 bits per heavy atom. The van der Waals surface area contributed by atoms with Gasteiger partial charge < -0.3 is 19.9 Å². The minimum atomic E-state index is -0.421. The van der Waals surface area contributed by atoms with Crippen LogP contribution in [0.1, 0.15) is 0 Å². The van der Waals surface area contributed by atoms with Crippen LogP contribution in [0.3, 0.4) is 0 Å². The molecule has 0 bridgehead atoms. The summed E-state index contributed by atoms with van der Waals surface area (Å²) in [6.07, 6.45) is 3.60. The number of fused-ring (bicyclic) bond motifs is 1. The summed E-state index contributed by atoms with van der Waals surface area (Å²) in [5.41, 5.74) is 4.58. The summed E-state index contributed by atoms with van der Waals surface area (Å²) >= 11 is 0. The Labute approximate surface area is 144 Å². The number of aliphatic hydroxyl groups excluding tert-OH is 1. The summed E-state index contributed by atoms with van der Waals surface area (Å²) in [7, 11) is 0. The number of nitrogens with one attached hydrogen (secondary N) is 1. The SMILES string of the molecule is O=C(CO)N1CCN(c2cccc(-c3cnc4[nH]ccc4n3)c2)CC1. The second kappa shape index (κ2) is 6.52. The van der Waals surface area contributed by atoms with Crippen molar-refractivity contribution in [2.75, 3.05) is 37.7 Å². The molecule has 0 saturated carbocycles. The van der Waals surface area contributed by atoms with Crippen LogP contribution in [-0.2, 0) is 4.79 Å². The van der Waals surface area contributed by atoms with Gasteiger partial charge >= 0.3 is 0 Å². The number of H-pyrrole nitrogens is 1.